The molecule has 0 amide bonds. The molecule has 6 heteroatoms. The second-order valence-electron chi connectivity index (χ2n) is 6.71. The molecule has 0 aliphatic heterocycles. The molecule has 0 fully saturated rings. The Morgan fingerprint density at radius 1 is 1.21 bits per heavy atom. The molecule has 0 aliphatic rings. The average molecular weight is 442 g/mol. The van der Waals surface area contributed by atoms with E-state index >= 15 is 0 Å². The van der Waals surface area contributed by atoms with Gasteiger partial charge in [0.25, 0.3) is 5.56 Å². The third-order valence-electron chi connectivity index (χ3n) is 4.45. The third-order valence-corrected chi connectivity index (χ3v) is 4.98. The maximum atomic E-state index is 12.1. The molecule has 0 aromatic carbocycles. The summed E-state index contributed by atoms with van der Waals surface area (Å²) in [6.45, 7) is 12.7. The van der Waals surface area contributed by atoms with Gasteiger partial charge in [-0.25, -0.2) is 4.98 Å². The van der Waals surface area contributed by atoms with Crippen LogP contribution in [0.2, 0.25) is 0 Å². The first kappa shape index (κ1) is 19.1. The second kappa shape index (κ2) is 7.80. The molecule has 132 valence electrons. The Balaban J connectivity index is 2.28. The van der Waals surface area contributed by atoms with Crippen molar-refractivity contribution in [2.45, 2.75) is 70.4 Å². The Bertz CT molecular complexity index is 761. The number of nitrogens with zero attached hydrogens (tertiary/aromatic N) is 4. The molecule has 0 saturated heterocycles. The fourth-order valence-corrected chi connectivity index (χ4v) is 3.75. The highest BCUT2D eigenvalue weighted by atomic mass is 127. The minimum atomic E-state index is 0.0207. The predicted octanol–water partition coefficient (Wildman–Crippen LogP) is 4.33. The standard InChI is InChI=1S/C18H27IN4O/c1-11(2)18-16(13(4)21-23(18)14(5)19)8-7-12(3)22-15(6)20-10-9-17(22)24/h9-12,14H,7-8H2,1-6H3/t12-,14?/m1/s1. The molecule has 5 nitrogen and oxygen atoms in total. The molecule has 2 aromatic rings. The number of hydrogen-bond donors (Lipinski definition) is 0. The van der Waals surface area contributed by atoms with E-state index in [2.05, 4.69) is 66.9 Å². The zero-order chi connectivity index (χ0) is 18.0. The predicted molar refractivity (Wildman–Crippen MR) is 106 cm³/mol. The van der Waals surface area contributed by atoms with E-state index in [1.165, 1.54) is 17.3 Å². The summed E-state index contributed by atoms with van der Waals surface area (Å²) in [6.07, 6.45) is 3.40. The molecule has 0 N–H and O–H groups in total. The fourth-order valence-electron chi connectivity index (χ4n) is 3.32. The molecule has 2 rings (SSSR count). The Morgan fingerprint density at radius 3 is 2.42 bits per heavy atom. The SMILES string of the molecule is Cc1nn(C(C)I)c(C(C)C)c1CC[C@@H](C)n1c(C)nccc1=O. The van der Waals surface area contributed by atoms with Crippen molar-refractivity contribution in [3.63, 3.8) is 0 Å². The lowest BCUT2D eigenvalue weighted by molar-refractivity contribution is 0.471. The summed E-state index contributed by atoms with van der Waals surface area (Å²) in [5, 5.41) is 4.75. The molecular formula is C18H27IN4O. The van der Waals surface area contributed by atoms with Crippen molar-refractivity contribution in [2.75, 3.05) is 0 Å². The van der Waals surface area contributed by atoms with Crippen LogP contribution in [-0.4, -0.2) is 19.3 Å². The molecule has 24 heavy (non-hydrogen) atoms. The normalized spacial score (nSPS) is 14.2. The minimum absolute atomic E-state index is 0.0207. The van der Waals surface area contributed by atoms with E-state index in [4.69, 9.17) is 5.10 Å². The van der Waals surface area contributed by atoms with Crippen molar-refractivity contribution < 1.29 is 0 Å². The van der Waals surface area contributed by atoms with Gasteiger partial charge in [0.05, 0.1) is 5.69 Å². The van der Waals surface area contributed by atoms with Crippen LogP contribution >= 0.6 is 22.6 Å². The molecule has 2 aromatic heterocycles. The summed E-state index contributed by atoms with van der Waals surface area (Å²) in [5.41, 5.74) is 3.77. The van der Waals surface area contributed by atoms with Gasteiger partial charge in [-0.15, -0.1) is 0 Å². The first-order chi connectivity index (χ1) is 11.2. The first-order valence-electron chi connectivity index (χ1n) is 8.50. The van der Waals surface area contributed by atoms with E-state index in [1.807, 2.05) is 6.92 Å². The number of halogens is 1. The van der Waals surface area contributed by atoms with Crippen LogP contribution in [0.4, 0.5) is 0 Å². The highest BCUT2D eigenvalue weighted by Gasteiger charge is 2.21. The van der Waals surface area contributed by atoms with Gasteiger partial charge < -0.3 is 0 Å². The second-order valence-corrected chi connectivity index (χ2v) is 8.51. The first-order valence-corrected chi connectivity index (χ1v) is 9.74. The van der Waals surface area contributed by atoms with E-state index in [0.29, 0.717) is 9.97 Å². The molecule has 0 spiro atoms. The van der Waals surface area contributed by atoms with Gasteiger partial charge in [-0.3, -0.25) is 14.0 Å². The highest BCUT2D eigenvalue weighted by molar-refractivity contribution is 14.1. The van der Waals surface area contributed by atoms with E-state index in [-0.39, 0.29) is 11.6 Å². The van der Waals surface area contributed by atoms with Gasteiger partial charge in [-0.05, 0) is 52.0 Å². The van der Waals surface area contributed by atoms with Gasteiger partial charge in [0.2, 0.25) is 0 Å². The van der Waals surface area contributed by atoms with Crippen molar-refractivity contribution in [1.82, 2.24) is 19.3 Å². The molecular weight excluding hydrogens is 415 g/mol. The van der Waals surface area contributed by atoms with Crippen molar-refractivity contribution in [3.8, 4) is 0 Å². The molecule has 0 bridgehead atoms. The number of rotatable bonds is 6. The van der Waals surface area contributed by atoms with E-state index in [9.17, 15) is 4.79 Å². The zero-order valence-electron chi connectivity index (χ0n) is 15.4. The van der Waals surface area contributed by atoms with Crippen LogP contribution < -0.4 is 5.56 Å². The fraction of sp³-hybridized carbons (Fsp3) is 0.611. The Kier molecular flexibility index (Phi) is 6.22. The summed E-state index contributed by atoms with van der Waals surface area (Å²) in [5.74, 6) is 1.20. The van der Waals surface area contributed by atoms with Gasteiger partial charge in [0, 0.05) is 24.0 Å². The van der Waals surface area contributed by atoms with Crippen LogP contribution in [0, 0.1) is 13.8 Å². The lowest BCUT2D eigenvalue weighted by Crippen LogP contribution is -2.25. The van der Waals surface area contributed by atoms with Gasteiger partial charge in [0.1, 0.15) is 9.87 Å². The molecule has 0 saturated carbocycles. The smallest absolute Gasteiger partial charge is 0.253 e. The maximum absolute atomic E-state index is 12.1. The van der Waals surface area contributed by atoms with Gasteiger partial charge in [0.15, 0.2) is 0 Å². The molecule has 0 radical (unpaired) electrons. The summed E-state index contributed by atoms with van der Waals surface area (Å²) in [4.78, 5) is 16.4. The van der Waals surface area contributed by atoms with Crippen molar-refractivity contribution in [3.05, 3.63) is 45.4 Å². The third kappa shape index (κ3) is 3.90. The molecule has 2 heterocycles. The number of hydrogen-bond acceptors (Lipinski definition) is 3. The highest BCUT2D eigenvalue weighted by Crippen LogP contribution is 2.29. The summed E-state index contributed by atoms with van der Waals surface area (Å²) in [7, 11) is 0. The van der Waals surface area contributed by atoms with E-state index in [0.717, 1.165) is 24.4 Å². The monoisotopic (exact) mass is 442 g/mol. The topological polar surface area (TPSA) is 52.7 Å². The quantitative estimate of drug-likeness (QED) is 0.495. The maximum Gasteiger partial charge on any atom is 0.253 e. The van der Waals surface area contributed by atoms with Gasteiger partial charge in [-0.1, -0.05) is 36.4 Å². The van der Waals surface area contributed by atoms with Crippen molar-refractivity contribution >= 4 is 22.6 Å². The Labute approximate surface area is 157 Å². The van der Waals surface area contributed by atoms with Gasteiger partial charge in [-0.2, -0.15) is 5.10 Å². The summed E-state index contributed by atoms with van der Waals surface area (Å²) < 4.78 is 4.26. The van der Waals surface area contributed by atoms with Gasteiger partial charge >= 0.3 is 0 Å². The Hall–Kier alpha value is -1.18. The lowest BCUT2D eigenvalue weighted by atomic mass is 9.98. The molecule has 2 atom stereocenters. The zero-order valence-corrected chi connectivity index (χ0v) is 17.5. The number of alkyl halides is 1. The van der Waals surface area contributed by atoms with Crippen LogP contribution in [0.25, 0.3) is 0 Å². The number of aryl methyl sites for hydroxylation is 2. The largest absolute Gasteiger partial charge is 0.294 e. The summed E-state index contributed by atoms with van der Waals surface area (Å²) in [6, 6.07) is 1.65. The van der Waals surface area contributed by atoms with E-state index in [1.54, 1.807) is 10.8 Å². The van der Waals surface area contributed by atoms with E-state index < -0.39 is 0 Å². The minimum Gasteiger partial charge on any atom is -0.294 e. The average Bonchev–Trinajstić information content (AvgIpc) is 2.82. The lowest BCUT2D eigenvalue weighted by Gasteiger charge is -2.18. The van der Waals surface area contributed by atoms with Crippen LogP contribution in [-0.2, 0) is 6.42 Å². The van der Waals surface area contributed by atoms with Crippen LogP contribution in [0.3, 0.4) is 0 Å². The Morgan fingerprint density at radius 2 is 1.88 bits per heavy atom. The molecule has 0 aliphatic carbocycles. The number of aromatic nitrogens is 4. The van der Waals surface area contributed by atoms with Crippen LogP contribution in [0.5, 0.6) is 0 Å². The van der Waals surface area contributed by atoms with Crippen molar-refractivity contribution in [2.24, 2.45) is 0 Å². The van der Waals surface area contributed by atoms with Crippen LogP contribution in [0.1, 0.15) is 72.9 Å². The van der Waals surface area contributed by atoms with Crippen LogP contribution in [0.15, 0.2) is 17.1 Å². The molecule has 1 unspecified atom stereocenters. The van der Waals surface area contributed by atoms with Crippen molar-refractivity contribution in [1.29, 1.82) is 0 Å². The summed E-state index contributed by atoms with van der Waals surface area (Å²) >= 11 is 2.40.